The van der Waals surface area contributed by atoms with Gasteiger partial charge < -0.3 is 16.0 Å². The van der Waals surface area contributed by atoms with Gasteiger partial charge >= 0.3 is 0 Å². The van der Waals surface area contributed by atoms with Gasteiger partial charge in [0.25, 0.3) is 0 Å². The summed E-state index contributed by atoms with van der Waals surface area (Å²) in [5.74, 6) is -0.173. The minimum atomic E-state index is -0.546. The monoisotopic (exact) mass is 289 g/mol. The number of hydrogen-bond acceptors (Lipinski definition) is 3. The lowest BCUT2D eigenvalue weighted by Gasteiger charge is -2.33. The number of nitrogens with zero attached hydrogens (tertiary/aromatic N) is 1. The van der Waals surface area contributed by atoms with Gasteiger partial charge in [0.15, 0.2) is 0 Å². The minimum absolute atomic E-state index is 0.00382. The van der Waals surface area contributed by atoms with Crippen LogP contribution in [0.1, 0.15) is 18.4 Å². The molecule has 0 radical (unpaired) electrons. The van der Waals surface area contributed by atoms with Crippen LogP contribution in [0.4, 0.5) is 0 Å². The highest BCUT2D eigenvalue weighted by atomic mass is 16.2. The van der Waals surface area contributed by atoms with Crippen LogP contribution in [0.3, 0.4) is 0 Å². The van der Waals surface area contributed by atoms with Gasteiger partial charge in [0.2, 0.25) is 11.8 Å². The van der Waals surface area contributed by atoms with E-state index in [2.05, 4.69) is 5.32 Å². The Balaban J connectivity index is 1.94. The molecule has 5 nitrogen and oxygen atoms in total. The topological polar surface area (TPSA) is 75.4 Å². The normalized spacial score (nSPS) is 19.9. The second-order valence-electron chi connectivity index (χ2n) is 5.53. The van der Waals surface area contributed by atoms with Gasteiger partial charge in [-0.1, -0.05) is 30.3 Å². The van der Waals surface area contributed by atoms with Gasteiger partial charge in [0.05, 0.1) is 12.0 Å². The van der Waals surface area contributed by atoms with Crippen molar-refractivity contribution in [3.63, 3.8) is 0 Å². The lowest BCUT2D eigenvalue weighted by Crippen LogP contribution is -2.50. The minimum Gasteiger partial charge on any atom is -0.359 e. The van der Waals surface area contributed by atoms with E-state index in [-0.39, 0.29) is 17.7 Å². The molecule has 1 aliphatic heterocycles. The van der Waals surface area contributed by atoms with Crippen LogP contribution >= 0.6 is 0 Å². The molecule has 5 heteroatoms. The molecule has 1 fully saturated rings. The van der Waals surface area contributed by atoms with Crippen molar-refractivity contribution in [2.45, 2.75) is 25.3 Å². The van der Waals surface area contributed by atoms with Crippen molar-refractivity contribution >= 4 is 11.8 Å². The van der Waals surface area contributed by atoms with Crippen molar-refractivity contribution in [3.8, 4) is 0 Å². The fourth-order valence-electron chi connectivity index (χ4n) is 2.79. The summed E-state index contributed by atoms with van der Waals surface area (Å²) in [6, 6.07) is 9.21. The van der Waals surface area contributed by atoms with Crippen LogP contribution in [-0.4, -0.2) is 42.9 Å². The maximum Gasteiger partial charge on any atom is 0.239 e. The number of rotatable bonds is 4. The highest BCUT2D eigenvalue weighted by Gasteiger charge is 2.30. The second-order valence-corrected chi connectivity index (χ2v) is 5.53. The smallest absolute Gasteiger partial charge is 0.239 e. The lowest BCUT2D eigenvalue weighted by molar-refractivity contribution is -0.136. The SMILES string of the molecule is CNC(=O)[C@@H]1CCCN(C(=O)[C@@H](N)Cc2ccccc2)C1. The van der Waals surface area contributed by atoms with Crippen LogP contribution in [0.25, 0.3) is 0 Å². The molecule has 1 aliphatic rings. The number of likely N-dealkylation sites (tertiary alicyclic amines) is 1. The predicted molar refractivity (Wildman–Crippen MR) is 81.5 cm³/mol. The molecule has 21 heavy (non-hydrogen) atoms. The van der Waals surface area contributed by atoms with Gasteiger partial charge in [-0.25, -0.2) is 0 Å². The van der Waals surface area contributed by atoms with Gasteiger partial charge in [-0.15, -0.1) is 0 Å². The number of nitrogens with two attached hydrogens (primary N) is 1. The first kappa shape index (κ1) is 15.5. The number of carbonyl (C=O) groups is 2. The van der Waals surface area contributed by atoms with E-state index in [9.17, 15) is 9.59 Å². The summed E-state index contributed by atoms with van der Waals surface area (Å²) < 4.78 is 0. The molecule has 2 rings (SSSR count). The van der Waals surface area contributed by atoms with Gasteiger partial charge in [0.1, 0.15) is 0 Å². The van der Waals surface area contributed by atoms with E-state index in [1.165, 1.54) is 0 Å². The van der Waals surface area contributed by atoms with Crippen molar-refractivity contribution in [3.05, 3.63) is 35.9 Å². The quantitative estimate of drug-likeness (QED) is 0.849. The van der Waals surface area contributed by atoms with Crippen molar-refractivity contribution < 1.29 is 9.59 Å². The third kappa shape index (κ3) is 4.04. The average Bonchev–Trinajstić information content (AvgIpc) is 2.54. The number of hydrogen-bond donors (Lipinski definition) is 2. The summed E-state index contributed by atoms with van der Waals surface area (Å²) >= 11 is 0. The van der Waals surface area contributed by atoms with E-state index in [4.69, 9.17) is 5.73 Å². The number of nitrogens with one attached hydrogen (secondary N) is 1. The van der Waals surface area contributed by atoms with Crippen molar-refractivity contribution in [2.24, 2.45) is 11.7 Å². The molecule has 1 aromatic rings. The largest absolute Gasteiger partial charge is 0.359 e. The van der Waals surface area contributed by atoms with Crippen molar-refractivity contribution in [2.75, 3.05) is 20.1 Å². The zero-order valence-electron chi connectivity index (χ0n) is 12.4. The van der Waals surface area contributed by atoms with E-state index in [1.54, 1.807) is 11.9 Å². The molecule has 2 amide bonds. The molecular formula is C16H23N3O2. The fourth-order valence-corrected chi connectivity index (χ4v) is 2.79. The number of amides is 2. The molecule has 0 bridgehead atoms. The van der Waals surface area contributed by atoms with Crippen molar-refractivity contribution in [1.29, 1.82) is 0 Å². The Labute approximate surface area is 125 Å². The van der Waals surface area contributed by atoms with Crippen LogP contribution in [0.2, 0.25) is 0 Å². The van der Waals surface area contributed by atoms with Gasteiger partial charge in [-0.3, -0.25) is 9.59 Å². The lowest BCUT2D eigenvalue weighted by atomic mass is 9.96. The van der Waals surface area contributed by atoms with E-state index >= 15 is 0 Å². The molecule has 114 valence electrons. The van der Waals surface area contributed by atoms with E-state index in [0.717, 1.165) is 18.4 Å². The first-order valence-electron chi connectivity index (χ1n) is 7.41. The zero-order chi connectivity index (χ0) is 15.2. The first-order valence-corrected chi connectivity index (χ1v) is 7.41. The maximum absolute atomic E-state index is 12.4. The Morgan fingerprint density at radius 3 is 2.76 bits per heavy atom. The van der Waals surface area contributed by atoms with Crippen LogP contribution in [0.15, 0.2) is 30.3 Å². The van der Waals surface area contributed by atoms with Gasteiger partial charge in [0, 0.05) is 20.1 Å². The molecule has 1 aromatic carbocycles. The summed E-state index contributed by atoms with van der Waals surface area (Å²) in [7, 11) is 1.63. The summed E-state index contributed by atoms with van der Waals surface area (Å²) in [5, 5.41) is 2.66. The van der Waals surface area contributed by atoms with Gasteiger partial charge in [-0.2, -0.15) is 0 Å². The Hall–Kier alpha value is -1.88. The Kier molecular flexibility index (Phi) is 5.33. The van der Waals surface area contributed by atoms with Crippen molar-refractivity contribution in [1.82, 2.24) is 10.2 Å². The van der Waals surface area contributed by atoms with E-state index in [0.29, 0.717) is 19.5 Å². The average molecular weight is 289 g/mol. The molecule has 0 unspecified atom stereocenters. The van der Waals surface area contributed by atoms with Crippen LogP contribution in [0, 0.1) is 5.92 Å². The summed E-state index contributed by atoms with van der Waals surface area (Å²) in [4.78, 5) is 25.9. The van der Waals surface area contributed by atoms with E-state index in [1.807, 2.05) is 30.3 Å². The van der Waals surface area contributed by atoms with Crippen LogP contribution in [0.5, 0.6) is 0 Å². The Morgan fingerprint density at radius 1 is 1.38 bits per heavy atom. The number of carbonyl (C=O) groups excluding carboxylic acids is 2. The Morgan fingerprint density at radius 2 is 2.10 bits per heavy atom. The maximum atomic E-state index is 12.4. The first-order chi connectivity index (χ1) is 10.1. The Bertz CT molecular complexity index is 490. The summed E-state index contributed by atoms with van der Waals surface area (Å²) in [5.41, 5.74) is 7.10. The third-order valence-corrected chi connectivity index (χ3v) is 3.97. The molecular weight excluding hydrogens is 266 g/mol. The molecule has 3 N–H and O–H groups in total. The molecule has 0 aromatic heterocycles. The molecule has 2 atom stereocenters. The standard InChI is InChI=1S/C16H23N3O2/c1-18-15(20)13-8-5-9-19(11-13)16(21)14(17)10-12-6-3-2-4-7-12/h2-4,6-7,13-14H,5,8-11,17H2,1H3,(H,18,20)/t13-,14+/m1/s1. The highest BCUT2D eigenvalue weighted by molar-refractivity contribution is 5.84. The second kappa shape index (κ2) is 7.22. The molecule has 1 heterocycles. The number of benzene rings is 1. The van der Waals surface area contributed by atoms with E-state index < -0.39 is 6.04 Å². The molecule has 0 spiro atoms. The van der Waals surface area contributed by atoms with Crippen LogP contribution < -0.4 is 11.1 Å². The van der Waals surface area contributed by atoms with Crippen LogP contribution in [-0.2, 0) is 16.0 Å². The molecule has 1 saturated heterocycles. The predicted octanol–water partition coefficient (Wildman–Crippen LogP) is 0.541. The number of piperidine rings is 1. The molecule has 0 saturated carbocycles. The summed E-state index contributed by atoms with van der Waals surface area (Å²) in [6.07, 6.45) is 2.21. The summed E-state index contributed by atoms with van der Waals surface area (Å²) in [6.45, 7) is 1.16. The third-order valence-electron chi connectivity index (χ3n) is 3.97. The fraction of sp³-hybridized carbons (Fsp3) is 0.500. The zero-order valence-corrected chi connectivity index (χ0v) is 12.4. The van der Waals surface area contributed by atoms with Gasteiger partial charge in [-0.05, 0) is 24.8 Å². The molecule has 0 aliphatic carbocycles. The highest BCUT2D eigenvalue weighted by Crippen LogP contribution is 2.17.